The highest BCUT2D eigenvalue weighted by molar-refractivity contribution is 5.93. The van der Waals surface area contributed by atoms with Crippen LogP contribution in [0, 0.1) is 13.8 Å². The predicted molar refractivity (Wildman–Crippen MR) is 71.6 cm³/mol. The molecule has 1 saturated carbocycles. The average molecular weight is 250 g/mol. The van der Waals surface area contributed by atoms with Crippen LogP contribution in [0.3, 0.4) is 0 Å². The van der Waals surface area contributed by atoms with Gasteiger partial charge in [-0.25, -0.2) is 0 Å². The number of hydrogen-bond donors (Lipinski definition) is 3. The van der Waals surface area contributed by atoms with Gasteiger partial charge in [-0.2, -0.15) is 5.10 Å². The number of aromatic amines is 1. The summed E-state index contributed by atoms with van der Waals surface area (Å²) in [6.07, 6.45) is 6.27. The number of hydrogen-bond acceptors (Lipinski definition) is 3. The first-order chi connectivity index (χ1) is 8.66. The van der Waals surface area contributed by atoms with Crippen LogP contribution in [0.1, 0.15) is 43.5 Å². The molecule has 100 valence electrons. The van der Waals surface area contributed by atoms with Crippen LogP contribution in [0.5, 0.6) is 0 Å². The molecule has 5 nitrogen and oxygen atoms in total. The molecule has 18 heavy (non-hydrogen) atoms. The van der Waals surface area contributed by atoms with Crippen molar-refractivity contribution in [2.75, 3.05) is 11.9 Å². The van der Waals surface area contributed by atoms with Gasteiger partial charge in [0.05, 0.1) is 23.6 Å². The lowest BCUT2D eigenvalue weighted by Gasteiger charge is -2.22. The maximum atomic E-state index is 11.8. The molecule has 0 unspecified atom stereocenters. The number of nitrogens with one attached hydrogen (secondary N) is 3. The topological polar surface area (TPSA) is 69.8 Å². The minimum Gasteiger partial charge on any atom is -0.322 e. The molecule has 0 bridgehead atoms. The van der Waals surface area contributed by atoms with Crippen molar-refractivity contribution in [2.24, 2.45) is 0 Å². The van der Waals surface area contributed by atoms with Gasteiger partial charge in [0.25, 0.3) is 0 Å². The van der Waals surface area contributed by atoms with E-state index in [1.165, 1.54) is 32.1 Å². The van der Waals surface area contributed by atoms with E-state index in [9.17, 15) is 4.79 Å². The Hall–Kier alpha value is -1.36. The highest BCUT2D eigenvalue weighted by atomic mass is 16.1. The maximum absolute atomic E-state index is 11.8. The van der Waals surface area contributed by atoms with Gasteiger partial charge in [0.2, 0.25) is 5.91 Å². The van der Waals surface area contributed by atoms with Crippen molar-refractivity contribution in [3.05, 3.63) is 11.4 Å². The second kappa shape index (κ2) is 6.00. The van der Waals surface area contributed by atoms with Crippen molar-refractivity contribution in [1.29, 1.82) is 0 Å². The summed E-state index contributed by atoms with van der Waals surface area (Å²) in [5.74, 6) is 0.00757. The number of aryl methyl sites for hydroxylation is 2. The van der Waals surface area contributed by atoms with E-state index in [4.69, 9.17) is 0 Å². The summed E-state index contributed by atoms with van der Waals surface area (Å²) in [7, 11) is 0. The molecule has 2 rings (SSSR count). The third-order valence-corrected chi connectivity index (χ3v) is 3.55. The smallest absolute Gasteiger partial charge is 0.238 e. The van der Waals surface area contributed by atoms with E-state index in [1.807, 2.05) is 13.8 Å². The molecule has 1 aromatic rings. The van der Waals surface area contributed by atoms with E-state index in [0.29, 0.717) is 12.6 Å². The Bertz CT molecular complexity index is 388. The average Bonchev–Trinajstić information content (AvgIpc) is 2.69. The fraction of sp³-hybridized carbons (Fsp3) is 0.692. The van der Waals surface area contributed by atoms with Crippen LogP contribution in [0.4, 0.5) is 5.69 Å². The van der Waals surface area contributed by atoms with Crippen LogP contribution in [0.15, 0.2) is 0 Å². The van der Waals surface area contributed by atoms with Gasteiger partial charge in [-0.15, -0.1) is 0 Å². The standard InChI is InChI=1S/C13H22N4O/c1-9-13(10(2)17-16-9)15-12(18)8-14-11-6-4-3-5-7-11/h11,14H,3-8H2,1-2H3,(H,15,18)(H,16,17). The molecule has 1 aliphatic rings. The summed E-state index contributed by atoms with van der Waals surface area (Å²) in [5.41, 5.74) is 2.54. The van der Waals surface area contributed by atoms with Crippen molar-refractivity contribution in [1.82, 2.24) is 15.5 Å². The lowest BCUT2D eigenvalue weighted by atomic mass is 9.95. The predicted octanol–water partition coefficient (Wildman–Crippen LogP) is 1.89. The van der Waals surface area contributed by atoms with E-state index < -0.39 is 0 Å². The number of carbonyl (C=O) groups excluding carboxylic acids is 1. The maximum Gasteiger partial charge on any atom is 0.238 e. The van der Waals surface area contributed by atoms with Crippen LogP contribution in [-0.2, 0) is 4.79 Å². The highest BCUT2D eigenvalue weighted by Crippen LogP contribution is 2.18. The van der Waals surface area contributed by atoms with Gasteiger partial charge in [-0.1, -0.05) is 19.3 Å². The quantitative estimate of drug-likeness (QED) is 0.764. The third-order valence-electron chi connectivity index (χ3n) is 3.55. The van der Waals surface area contributed by atoms with E-state index >= 15 is 0 Å². The molecule has 0 aromatic carbocycles. The molecule has 1 aliphatic carbocycles. The molecule has 5 heteroatoms. The Morgan fingerprint density at radius 3 is 2.67 bits per heavy atom. The van der Waals surface area contributed by atoms with E-state index in [1.54, 1.807) is 0 Å². The number of carbonyl (C=O) groups is 1. The van der Waals surface area contributed by atoms with Crippen LogP contribution < -0.4 is 10.6 Å². The van der Waals surface area contributed by atoms with Gasteiger partial charge in [-0.3, -0.25) is 9.89 Å². The lowest BCUT2D eigenvalue weighted by Crippen LogP contribution is -2.37. The molecular formula is C13H22N4O. The Morgan fingerprint density at radius 2 is 2.06 bits per heavy atom. The van der Waals surface area contributed by atoms with Crippen molar-refractivity contribution in [3.8, 4) is 0 Å². The monoisotopic (exact) mass is 250 g/mol. The van der Waals surface area contributed by atoms with Gasteiger partial charge in [0.15, 0.2) is 0 Å². The van der Waals surface area contributed by atoms with Gasteiger partial charge in [-0.05, 0) is 26.7 Å². The first-order valence-electron chi connectivity index (χ1n) is 6.71. The van der Waals surface area contributed by atoms with Crippen molar-refractivity contribution >= 4 is 11.6 Å². The molecule has 0 atom stereocenters. The van der Waals surface area contributed by atoms with Crippen LogP contribution in [0.25, 0.3) is 0 Å². The molecule has 1 heterocycles. The summed E-state index contributed by atoms with van der Waals surface area (Å²) in [5, 5.41) is 13.2. The summed E-state index contributed by atoms with van der Waals surface area (Å²) >= 11 is 0. The van der Waals surface area contributed by atoms with E-state index in [0.717, 1.165) is 17.1 Å². The zero-order chi connectivity index (χ0) is 13.0. The van der Waals surface area contributed by atoms with E-state index in [2.05, 4.69) is 20.8 Å². The number of anilines is 1. The fourth-order valence-electron chi connectivity index (χ4n) is 2.46. The molecule has 0 radical (unpaired) electrons. The van der Waals surface area contributed by atoms with Crippen molar-refractivity contribution < 1.29 is 4.79 Å². The Balaban J connectivity index is 1.78. The second-order valence-electron chi connectivity index (χ2n) is 5.07. The Morgan fingerprint density at radius 1 is 1.33 bits per heavy atom. The van der Waals surface area contributed by atoms with Crippen LogP contribution >= 0.6 is 0 Å². The number of rotatable bonds is 4. The van der Waals surface area contributed by atoms with Gasteiger partial charge in [0.1, 0.15) is 0 Å². The summed E-state index contributed by atoms with van der Waals surface area (Å²) in [6, 6.07) is 0.510. The van der Waals surface area contributed by atoms with Gasteiger partial charge >= 0.3 is 0 Å². The largest absolute Gasteiger partial charge is 0.322 e. The lowest BCUT2D eigenvalue weighted by molar-refractivity contribution is -0.115. The van der Waals surface area contributed by atoms with Crippen molar-refractivity contribution in [2.45, 2.75) is 52.0 Å². The molecule has 1 aromatic heterocycles. The SMILES string of the molecule is Cc1n[nH]c(C)c1NC(=O)CNC1CCCCC1. The number of nitrogens with zero attached hydrogens (tertiary/aromatic N) is 1. The number of aromatic nitrogens is 2. The molecule has 1 fully saturated rings. The first-order valence-corrected chi connectivity index (χ1v) is 6.71. The molecule has 3 N–H and O–H groups in total. The molecule has 0 spiro atoms. The zero-order valence-corrected chi connectivity index (χ0v) is 11.2. The van der Waals surface area contributed by atoms with Gasteiger partial charge in [0, 0.05) is 6.04 Å². The summed E-state index contributed by atoms with van der Waals surface area (Å²) in [4.78, 5) is 11.8. The minimum absolute atomic E-state index is 0.00757. The molecule has 1 amide bonds. The first kappa shape index (κ1) is 13.1. The molecule has 0 saturated heterocycles. The highest BCUT2D eigenvalue weighted by Gasteiger charge is 2.15. The summed E-state index contributed by atoms with van der Waals surface area (Å²) in [6.45, 7) is 4.17. The van der Waals surface area contributed by atoms with Gasteiger partial charge < -0.3 is 10.6 Å². The minimum atomic E-state index is 0.00757. The summed E-state index contributed by atoms with van der Waals surface area (Å²) < 4.78 is 0. The fourth-order valence-corrected chi connectivity index (χ4v) is 2.46. The number of amides is 1. The van der Waals surface area contributed by atoms with Crippen LogP contribution in [0.2, 0.25) is 0 Å². The molecule has 0 aliphatic heterocycles. The second-order valence-corrected chi connectivity index (χ2v) is 5.07. The number of H-pyrrole nitrogens is 1. The Labute approximate surface area is 108 Å². The van der Waals surface area contributed by atoms with Crippen LogP contribution in [-0.4, -0.2) is 28.7 Å². The van der Waals surface area contributed by atoms with E-state index in [-0.39, 0.29) is 5.91 Å². The third kappa shape index (κ3) is 3.32. The normalized spacial score (nSPS) is 16.8. The molecular weight excluding hydrogens is 228 g/mol. The zero-order valence-electron chi connectivity index (χ0n) is 11.2. The Kier molecular flexibility index (Phi) is 4.36. The van der Waals surface area contributed by atoms with Crippen molar-refractivity contribution in [3.63, 3.8) is 0 Å².